The summed E-state index contributed by atoms with van der Waals surface area (Å²) in [4.78, 5) is 12.5. The zero-order chi connectivity index (χ0) is 20.8. The first-order valence-electron chi connectivity index (χ1n) is 9.58. The molecule has 1 unspecified atom stereocenters. The van der Waals surface area contributed by atoms with Crippen LogP contribution in [-0.2, 0) is 4.79 Å². The maximum Gasteiger partial charge on any atom is 0.265 e. The van der Waals surface area contributed by atoms with Gasteiger partial charge in [-0.25, -0.2) is 0 Å². The first-order valence-corrected chi connectivity index (χ1v) is 9.58. The maximum atomic E-state index is 12.5. The average Bonchev–Trinajstić information content (AvgIpc) is 2.72. The average molecular weight is 391 g/mol. The van der Waals surface area contributed by atoms with Crippen molar-refractivity contribution in [1.82, 2.24) is 10.2 Å². The predicted octanol–water partition coefficient (Wildman–Crippen LogP) is 4.57. The molecule has 1 atom stereocenters. The fourth-order valence-electron chi connectivity index (χ4n) is 2.71. The van der Waals surface area contributed by atoms with Crippen molar-refractivity contribution in [3.05, 3.63) is 65.7 Å². The highest BCUT2D eigenvalue weighted by Gasteiger charge is 2.15. The van der Waals surface area contributed by atoms with E-state index in [0.29, 0.717) is 23.9 Å². The van der Waals surface area contributed by atoms with Crippen molar-refractivity contribution >= 4 is 11.6 Å². The Bertz CT molecular complexity index is 970. The van der Waals surface area contributed by atoms with Crippen LogP contribution in [0.1, 0.15) is 25.0 Å². The summed E-state index contributed by atoms with van der Waals surface area (Å²) in [5, 5.41) is 11.1. The Kier molecular flexibility index (Phi) is 6.44. The number of ether oxygens (including phenoxy) is 2. The highest BCUT2D eigenvalue weighted by Crippen LogP contribution is 2.21. The molecule has 6 nitrogen and oxygen atoms in total. The summed E-state index contributed by atoms with van der Waals surface area (Å²) in [7, 11) is 0. The monoisotopic (exact) mass is 391 g/mol. The number of hydrogen-bond acceptors (Lipinski definition) is 5. The summed E-state index contributed by atoms with van der Waals surface area (Å²) < 4.78 is 11.1. The van der Waals surface area contributed by atoms with Crippen LogP contribution in [0.5, 0.6) is 11.6 Å². The van der Waals surface area contributed by atoms with Gasteiger partial charge in [0.1, 0.15) is 5.75 Å². The van der Waals surface area contributed by atoms with E-state index in [4.69, 9.17) is 9.47 Å². The van der Waals surface area contributed by atoms with Gasteiger partial charge in [0.05, 0.1) is 12.3 Å². The molecule has 0 bridgehead atoms. The third kappa shape index (κ3) is 5.31. The van der Waals surface area contributed by atoms with E-state index in [2.05, 4.69) is 15.5 Å². The fourth-order valence-corrected chi connectivity index (χ4v) is 2.71. The van der Waals surface area contributed by atoms with E-state index in [1.54, 1.807) is 13.0 Å². The number of anilines is 1. The molecule has 1 aromatic heterocycles. The normalized spacial score (nSPS) is 11.6. The molecule has 0 radical (unpaired) electrons. The van der Waals surface area contributed by atoms with E-state index >= 15 is 0 Å². The van der Waals surface area contributed by atoms with Crippen molar-refractivity contribution in [2.24, 2.45) is 0 Å². The largest absolute Gasteiger partial charge is 0.481 e. The van der Waals surface area contributed by atoms with Crippen molar-refractivity contribution in [3.8, 4) is 22.9 Å². The number of amides is 1. The quantitative estimate of drug-likeness (QED) is 0.639. The van der Waals surface area contributed by atoms with Gasteiger partial charge >= 0.3 is 0 Å². The van der Waals surface area contributed by atoms with Gasteiger partial charge in [-0.05, 0) is 69.2 Å². The molecule has 1 amide bonds. The number of aryl methyl sites for hydroxylation is 2. The van der Waals surface area contributed by atoms with Gasteiger partial charge in [-0.2, -0.15) is 0 Å². The summed E-state index contributed by atoms with van der Waals surface area (Å²) in [6, 6.07) is 16.9. The zero-order valence-corrected chi connectivity index (χ0v) is 17.1. The van der Waals surface area contributed by atoms with Crippen LogP contribution in [0.2, 0.25) is 0 Å². The van der Waals surface area contributed by atoms with Gasteiger partial charge in [0, 0.05) is 17.3 Å². The molecule has 2 aromatic carbocycles. The SMILES string of the molecule is CCOc1ccc(-c2ccc(NC(=O)C(C)Oc3ccc(C)c(C)c3)cc2)nn1. The van der Waals surface area contributed by atoms with E-state index in [1.165, 1.54) is 5.56 Å². The number of nitrogens with zero attached hydrogens (tertiary/aromatic N) is 2. The second-order valence-corrected chi connectivity index (χ2v) is 6.76. The second kappa shape index (κ2) is 9.19. The minimum absolute atomic E-state index is 0.211. The van der Waals surface area contributed by atoms with Gasteiger partial charge in [0.25, 0.3) is 5.91 Å². The molecule has 3 aromatic rings. The van der Waals surface area contributed by atoms with Crippen LogP contribution < -0.4 is 14.8 Å². The second-order valence-electron chi connectivity index (χ2n) is 6.76. The minimum Gasteiger partial charge on any atom is -0.481 e. The van der Waals surface area contributed by atoms with E-state index in [1.807, 2.05) is 69.3 Å². The number of nitrogens with one attached hydrogen (secondary N) is 1. The lowest BCUT2D eigenvalue weighted by Gasteiger charge is -2.16. The highest BCUT2D eigenvalue weighted by atomic mass is 16.5. The topological polar surface area (TPSA) is 73.3 Å². The number of benzene rings is 2. The molecule has 150 valence electrons. The summed E-state index contributed by atoms with van der Waals surface area (Å²) >= 11 is 0. The van der Waals surface area contributed by atoms with Crippen molar-refractivity contribution in [2.75, 3.05) is 11.9 Å². The molecule has 0 saturated heterocycles. The molecule has 1 heterocycles. The lowest BCUT2D eigenvalue weighted by molar-refractivity contribution is -0.122. The Hall–Kier alpha value is -3.41. The molecular formula is C23H25N3O3. The lowest BCUT2D eigenvalue weighted by Crippen LogP contribution is -2.30. The molecule has 0 fully saturated rings. The molecule has 0 spiro atoms. The first kappa shape index (κ1) is 20.3. The van der Waals surface area contributed by atoms with Crippen LogP contribution in [0.15, 0.2) is 54.6 Å². The molecule has 3 rings (SSSR count). The van der Waals surface area contributed by atoms with E-state index < -0.39 is 6.10 Å². The van der Waals surface area contributed by atoms with Crippen molar-refractivity contribution in [2.45, 2.75) is 33.8 Å². The van der Waals surface area contributed by atoms with E-state index in [9.17, 15) is 4.79 Å². The number of carbonyl (C=O) groups excluding carboxylic acids is 1. The first-order chi connectivity index (χ1) is 14.0. The lowest BCUT2D eigenvalue weighted by atomic mass is 10.1. The predicted molar refractivity (Wildman–Crippen MR) is 113 cm³/mol. The van der Waals surface area contributed by atoms with Crippen LogP contribution in [0.4, 0.5) is 5.69 Å². The maximum absolute atomic E-state index is 12.5. The number of rotatable bonds is 7. The third-order valence-electron chi connectivity index (χ3n) is 4.54. The molecule has 29 heavy (non-hydrogen) atoms. The molecule has 0 aliphatic carbocycles. The van der Waals surface area contributed by atoms with Crippen LogP contribution in [-0.4, -0.2) is 28.8 Å². The molecule has 0 aliphatic rings. The fraction of sp³-hybridized carbons (Fsp3) is 0.261. The number of hydrogen-bond donors (Lipinski definition) is 1. The van der Waals surface area contributed by atoms with Gasteiger partial charge in [-0.15, -0.1) is 10.2 Å². The smallest absolute Gasteiger partial charge is 0.265 e. The van der Waals surface area contributed by atoms with Gasteiger partial charge in [-0.1, -0.05) is 18.2 Å². The molecular weight excluding hydrogens is 366 g/mol. The Morgan fingerprint density at radius 2 is 1.76 bits per heavy atom. The summed E-state index contributed by atoms with van der Waals surface area (Å²) in [6.45, 7) is 8.24. The van der Waals surface area contributed by atoms with Crippen LogP contribution in [0.25, 0.3) is 11.3 Å². The Balaban J connectivity index is 1.60. The Morgan fingerprint density at radius 3 is 2.38 bits per heavy atom. The van der Waals surface area contributed by atoms with Crippen molar-refractivity contribution < 1.29 is 14.3 Å². The van der Waals surface area contributed by atoms with Crippen molar-refractivity contribution in [1.29, 1.82) is 0 Å². The molecule has 6 heteroatoms. The number of aromatic nitrogens is 2. The van der Waals surface area contributed by atoms with Crippen LogP contribution in [0.3, 0.4) is 0 Å². The Labute approximate surface area is 170 Å². The summed E-state index contributed by atoms with van der Waals surface area (Å²) in [6.07, 6.45) is -0.617. The van der Waals surface area contributed by atoms with Crippen molar-refractivity contribution in [3.63, 3.8) is 0 Å². The van der Waals surface area contributed by atoms with Gasteiger partial charge in [0.2, 0.25) is 5.88 Å². The van der Waals surface area contributed by atoms with Crippen LogP contribution in [0, 0.1) is 13.8 Å². The molecule has 1 N–H and O–H groups in total. The van der Waals surface area contributed by atoms with E-state index in [0.717, 1.165) is 16.8 Å². The standard InChI is InChI=1S/C23H25N3O3/c1-5-28-22-13-12-21(25-26-22)18-7-9-19(10-8-18)24-23(27)17(4)29-20-11-6-15(2)16(3)14-20/h6-14,17H,5H2,1-4H3,(H,24,27). The Morgan fingerprint density at radius 1 is 1.00 bits per heavy atom. The van der Waals surface area contributed by atoms with Gasteiger partial charge in [0.15, 0.2) is 6.10 Å². The molecule has 0 aliphatic heterocycles. The summed E-state index contributed by atoms with van der Waals surface area (Å²) in [5.41, 5.74) is 4.64. The van der Waals surface area contributed by atoms with Crippen LogP contribution >= 0.6 is 0 Å². The number of carbonyl (C=O) groups is 1. The molecule has 0 saturated carbocycles. The summed E-state index contributed by atoms with van der Waals surface area (Å²) in [5.74, 6) is 0.968. The minimum atomic E-state index is -0.617. The highest BCUT2D eigenvalue weighted by molar-refractivity contribution is 5.94. The van der Waals surface area contributed by atoms with E-state index in [-0.39, 0.29) is 5.91 Å². The third-order valence-corrected chi connectivity index (χ3v) is 4.54. The van der Waals surface area contributed by atoms with Gasteiger partial charge < -0.3 is 14.8 Å². The van der Waals surface area contributed by atoms with Gasteiger partial charge in [-0.3, -0.25) is 4.79 Å². The zero-order valence-electron chi connectivity index (χ0n) is 17.1.